The Balaban J connectivity index is 1.76. The standard InChI is InChI=1S/C18H34N6OS/c1-4-7-14-25-15-8-9-20-17(19-6-3)23-10-12-24(13-11-23)18-21-16(5-2)22-26-18/h4-15H2,1-3H3,(H,19,20). The maximum Gasteiger partial charge on any atom is 0.205 e. The molecule has 1 aromatic rings. The number of rotatable bonds is 10. The van der Waals surface area contributed by atoms with Crippen LogP contribution >= 0.6 is 11.5 Å². The van der Waals surface area contributed by atoms with Gasteiger partial charge in [0.25, 0.3) is 0 Å². The maximum absolute atomic E-state index is 5.61. The van der Waals surface area contributed by atoms with E-state index in [0.717, 1.165) is 88.7 Å². The van der Waals surface area contributed by atoms with Gasteiger partial charge in [0.15, 0.2) is 5.96 Å². The largest absolute Gasteiger partial charge is 0.381 e. The van der Waals surface area contributed by atoms with E-state index >= 15 is 0 Å². The summed E-state index contributed by atoms with van der Waals surface area (Å²) < 4.78 is 10.0. The molecule has 0 aromatic carbocycles. The molecule has 1 fully saturated rings. The number of unbranched alkanes of at least 4 members (excludes halogenated alkanes) is 1. The Hall–Kier alpha value is -1.41. The van der Waals surface area contributed by atoms with Crippen LogP contribution in [0.25, 0.3) is 0 Å². The van der Waals surface area contributed by atoms with Crippen LogP contribution in [0.5, 0.6) is 0 Å². The Morgan fingerprint density at radius 3 is 2.58 bits per heavy atom. The molecule has 2 rings (SSSR count). The molecule has 0 bridgehead atoms. The fraction of sp³-hybridized carbons (Fsp3) is 0.833. The molecule has 1 N–H and O–H groups in total. The van der Waals surface area contributed by atoms with Crippen LogP contribution < -0.4 is 10.2 Å². The van der Waals surface area contributed by atoms with Crippen LogP contribution in [0.15, 0.2) is 4.99 Å². The van der Waals surface area contributed by atoms with E-state index in [4.69, 9.17) is 9.73 Å². The van der Waals surface area contributed by atoms with Crippen LogP contribution in [-0.2, 0) is 11.2 Å². The summed E-state index contributed by atoms with van der Waals surface area (Å²) in [6.45, 7) is 13.6. The second kappa shape index (κ2) is 12.1. The minimum absolute atomic E-state index is 0.799. The summed E-state index contributed by atoms with van der Waals surface area (Å²) in [6, 6.07) is 0. The predicted molar refractivity (Wildman–Crippen MR) is 109 cm³/mol. The molecule has 0 amide bonds. The molecule has 0 aliphatic carbocycles. The second-order valence-corrected chi connectivity index (χ2v) is 7.11. The third-order valence-electron chi connectivity index (χ3n) is 4.31. The molecule has 1 aliphatic heterocycles. The Kier molecular flexibility index (Phi) is 9.70. The minimum atomic E-state index is 0.799. The zero-order chi connectivity index (χ0) is 18.6. The number of aryl methyl sites for hydroxylation is 1. The first-order chi connectivity index (χ1) is 12.8. The molecular formula is C18H34N6OS. The number of nitrogens with zero attached hydrogens (tertiary/aromatic N) is 5. The Morgan fingerprint density at radius 2 is 1.92 bits per heavy atom. The lowest BCUT2D eigenvalue weighted by atomic mass is 10.3. The van der Waals surface area contributed by atoms with E-state index in [1.54, 1.807) is 0 Å². The van der Waals surface area contributed by atoms with Gasteiger partial charge in [-0.05, 0) is 19.8 Å². The Bertz CT molecular complexity index is 528. The lowest BCUT2D eigenvalue weighted by Gasteiger charge is -2.36. The fourth-order valence-corrected chi connectivity index (χ4v) is 3.55. The van der Waals surface area contributed by atoms with Crippen molar-refractivity contribution in [3.63, 3.8) is 0 Å². The Morgan fingerprint density at radius 1 is 1.15 bits per heavy atom. The molecule has 26 heavy (non-hydrogen) atoms. The predicted octanol–water partition coefficient (Wildman–Crippen LogP) is 2.39. The van der Waals surface area contributed by atoms with Crippen molar-refractivity contribution in [2.75, 3.05) is 57.4 Å². The summed E-state index contributed by atoms with van der Waals surface area (Å²) in [6.07, 6.45) is 4.20. The Labute approximate surface area is 162 Å². The normalized spacial score (nSPS) is 15.6. The van der Waals surface area contributed by atoms with Gasteiger partial charge in [-0.1, -0.05) is 20.3 Å². The molecule has 0 spiro atoms. The van der Waals surface area contributed by atoms with Gasteiger partial charge < -0.3 is 19.9 Å². The summed E-state index contributed by atoms with van der Waals surface area (Å²) in [5.41, 5.74) is 0. The van der Waals surface area contributed by atoms with Gasteiger partial charge >= 0.3 is 0 Å². The van der Waals surface area contributed by atoms with Gasteiger partial charge in [-0.25, -0.2) is 4.98 Å². The summed E-state index contributed by atoms with van der Waals surface area (Å²) >= 11 is 1.51. The molecule has 1 aliphatic rings. The van der Waals surface area contributed by atoms with Crippen molar-refractivity contribution < 1.29 is 4.74 Å². The first kappa shape index (κ1) is 20.9. The van der Waals surface area contributed by atoms with Crippen LogP contribution in [0.4, 0.5) is 5.13 Å². The van der Waals surface area contributed by atoms with Crippen molar-refractivity contribution in [1.29, 1.82) is 0 Å². The van der Waals surface area contributed by atoms with E-state index in [-0.39, 0.29) is 0 Å². The van der Waals surface area contributed by atoms with Crippen LogP contribution in [0.2, 0.25) is 0 Å². The molecule has 2 heterocycles. The maximum atomic E-state index is 5.61. The summed E-state index contributed by atoms with van der Waals surface area (Å²) in [4.78, 5) is 14.1. The molecule has 0 unspecified atom stereocenters. The highest BCUT2D eigenvalue weighted by atomic mass is 32.1. The van der Waals surface area contributed by atoms with E-state index in [1.807, 2.05) is 0 Å². The van der Waals surface area contributed by atoms with Crippen molar-refractivity contribution in [3.05, 3.63) is 5.82 Å². The lowest BCUT2D eigenvalue weighted by Crippen LogP contribution is -2.52. The van der Waals surface area contributed by atoms with Crippen LogP contribution in [0.3, 0.4) is 0 Å². The summed E-state index contributed by atoms with van der Waals surface area (Å²) in [5, 5.41) is 4.47. The van der Waals surface area contributed by atoms with E-state index in [0.29, 0.717) is 0 Å². The van der Waals surface area contributed by atoms with Gasteiger partial charge in [0.1, 0.15) is 5.82 Å². The number of piperazine rings is 1. The summed E-state index contributed by atoms with van der Waals surface area (Å²) in [5.74, 6) is 1.97. The minimum Gasteiger partial charge on any atom is -0.381 e. The number of guanidine groups is 1. The molecule has 1 saturated heterocycles. The van der Waals surface area contributed by atoms with Crippen molar-refractivity contribution >= 4 is 22.6 Å². The highest BCUT2D eigenvalue weighted by Crippen LogP contribution is 2.19. The SMILES string of the molecule is CCCCOCCCN=C(NCC)N1CCN(c2nc(CC)ns2)CC1. The highest BCUT2D eigenvalue weighted by Gasteiger charge is 2.21. The monoisotopic (exact) mass is 382 g/mol. The smallest absolute Gasteiger partial charge is 0.205 e. The zero-order valence-corrected chi connectivity index (χ0v) is 17.4. The van der Waals surface area contributed by atoms with E-state index in [2.05, 4.69) is 45.2 Å². The van der Waals surface area contributed by atoms with Gasteiger partial charge in [0.2, 0.25) is 5.13 Å². The van der Waals surface area contributed by atoms with Crippen LogP contribution in [0.1, 0.15) is 45.9 Å². The number of hydrogen-bond acceptors (Lipinski definition) is 6. The number of hydrogen-bond donors (Lipinski definition) is 1. The van der Waals surface area contributed by atoms with Crippen LogP contribution in [0, 0.1) is 0 Å². The van der Waals surface area contributed by atoms with Gasteiger partial charge in [0, 0.05) is 70.4 Å². The first-order valence-corrected chi connectivity index (χ1v) is 10.7. The third kappa shape index (κ3) is 6.72. The average Bonchev–Trinajstić information content (AvgIpc) is 3.16. The fourth-order valence-electron chi connectivity index (χ4n) is 2.75. The van der Waals surface area contributed by atoms with Crippen molar-refractivity contribution in [3.8, 4) is 0 Å². The molecule has 0 atom stereocenters. The third-order valence-corrected chi connectivity index (χ3v) is 5.12. The van der Waals surface area contributed by atoms with Crippen molar-refractivity contribution in [1.82, 2.24) is 19.6 Å². The topological polar surface area (TPSA) is 65.9 Å². The molecule has 8 heteroatoms. The highest BCUT2D eigenvalue weighted by molar-refractivity contribution is 7.09. The van der Waals surface area contributed by atoms with E-state index in [9.17, 15) is 0 Å². The molecule has 0 saturated carbocycles. The van der Waals surface area contributed by atoms with Crippen LogP contribution in [-0.4, -0.2) is 72.7 Å². The van der Waals surface area contributed by atoms with E-state index in [1.165, 1.54) is 18.0 Å². The zero-order valence-electron chi connectivity index (χ0n) is 16.5. The van der Waals surface area contributed by atoms with Gasteiger partial charge in [0.05, 0.1) is 0 Å². The van der Waals surface area contributed by atoms with Gasteiger partial charge in [-0.2, -0.15) is 4.37 Å². The number of ether oxygens (including phenoxy) is 1. The van der Waals surface area contributed by atoms with E-state index < -0.39 is 0 Å². The van der Waals surface area contributed by atoms with Gasteiger partial charge in [-0.15, -0.1) is 0 Å². The molecule has 1 aromatic heterocycles. The molecular weight excluding hydrogens is 348 g/mol. The molecule has 7 nitrogen and oxygen atoms in total. The van der Waals surface area contributed by atoms with Crippen molar-refractivity contribution in [2.24, 2.45) is 4.99 Å². The first-order valence-electron chi connectivity index (χ1n) is 9.97. The molecule has 0 radical (unpaired) electrons. The van der Waals surface area contributed by atoms with Gasteiger partial charge in [-0.3, -0.25) is 4.99 Å². The lowest BCUT2D eigenvalue weighted by molar-refractivity contribution is 0.130. The van der Waals surface area contributed by atoms with Crippen molar-refractivity contribution in [2.45, 2.75) is 46.5 Å². The molecule has 148 valence electrons. The second-order valence-electron chi connectivity index (χ2n) is 6.38. The number of anilines is 1. The number of nitrogens with one attached hydrogen (secondary N) is 1. The quantitative estimate of drug-likeness (QED) is 0.381. The number of aliphatic imine (C=N–C) groups is 1. The summed E-state index contributed by atoms with van der Waals surface area (Å²) in [7, 11) is 0. The number of aromatic nitrogens is 2. The average molecular weight is 383 g/mol.